The molecule has 7 nitrogen and oxygen atoms in total. The number of fused-ring (bicyclic) bond motifs is 1. The maximum atomic E-state index is 9.20. The zero-order valence-corrected chi connectivity index (χ0v) is 9.96. The van der Waals surface area contributed by atoms with Crippen molar-refractivity contribution in [3.8, 4) is 5.75 Å². The maximum absolute atomic E-state index is 9.20. The van der Waals surface area contributed by atoms with Crippen molar-refractivity contribution in [2.24, 2.45) is 0 Å². The molecular weight excluding hydrogens is 244 g/mol. The molecule has 0 fully saturated rings. The molecular formula is C12H12N6O. The molecule has 0 bridgehead atoms. The Morgan fingerprint density at radius 2 is 2.00 bits per heavy atom. The van der Waals surface area contributed by atoms with E-state index in [1.807, 2.05) is 12.1 Å². The number of H-pyrrole nitrogens is 1. The van der Waals surface area contributed by atoms with Crippen LogP contribution in [0.5, 0.6) is 5.75 Å². The van der Waals surface area contributed by atoms with Gasteiger partial charge in [-0.2, -0.15) is 9.97 Å². The van der Waals surface area contributed by atoms with E-state index in [1.165, 1.54) is 6.33 Å². The number of nitrogens with one attached hydrogen (secondary N) is 2. The summed E-state index contributed by atoms with van der Waals surface area (Å²) in [5.74, 6) is 1.02. The Kier molecular flexibility index (Phi) is 2.64. The summed E-state index contributed by atoms with van der Waals surface area (Å²) in [6.45, 7) is 0.537. The number of anilines is 2. The number of imidazole rings is 1. The molecule has 0 aliphatic rings. The van der Waals surface area contributed by atoms with Gasteiger partial charge in [0.15, 0.2) is 11.5 Å². The highest BCUT2D eigenvalue weighted by atomic mass is 16.3. The monoisotopic (exact) mass is 256 g/mol. The Bertz CT molecular complexity index is 706. The van der Waals surface area contributed by atoms with Crippen LogP contribution < -0.4 is 11.1 Å². The smallest absolute Gasteiger partial charge is 0.227 e. The normalized spacial score (nSPS) is 10.7. The summed E-state index contributed by atoms with van der Waals surface area (Å²) >= 11 is 0. The number of hydrogen-bond acceptors (Lipinski definition) is 6. The van der Waals surface area contributed by atoms with Crippen LogP contribution in [0.3, 0.4) is 0 Å². The summed E-state index contributed by atoms with van der Waals surface area (Å²) in [6, 6.07) is 6.89. The second kappa shape index (κ2) is 4.45. The number of hydrogen-bond donors (Lipinski definition) is 4. The van der Waals surface area contributed by atoms with Crippen molar-refractivity contribution in [1.29, 1.82) is 0 Å². The SMILES string of the molecule is Nc1nc(NCc2ccc(O)cc2)nc2nc[nH]c12. The summed E-state index contributed by atoms with van der Waals surface area (Å²) in [7, 11) is 0. The van der Waals surface area contributed by atoms with Crippen molar-refractivity contribution in [1.82, 2.24) is 19.9 Å². The number of phenolic OH excluding ortho intramolecular Hbond substituents is 1. The molecule has 0 saturated heterocycles. The fraction of sp³-hybridized carbons (Fsp3) is 0.0833. The molecule has 0 unspecified atom stereocenters. The molecule has 3 rings (SSSR count). The third kappa shape index (κ3) is 2.25. The number of aromatic amines is 1. The van der Waals surface area contributed by atoms with Crippen LogP contribution in [-0.2, 0) is 6.54 Å². The first-order chi connectivity index (χ1) is 9.22. The van der Waals surface area contributed by atoms with Crippen molar-refractivity contribution in [2.75, 3.05) is 11.1 Å². The van der Waals surface area contributed by atoms with E-state index in [-0.39, 0.29) is 5.75 Å². The average molecular weight is 256 g/mol. The fourth-order valence-corrected chi connectivity index (χ4v) is 1.73. The predicted molar refractivity (Wildman–Crippen MR) is 71.5 cm³/mol. The third-order valence-electron chi connectivity index (χ3n) is 2.70. The van der Waals surface area contributed by atoms with Crippen LogP contribution in [0.15, 0.2) is 30.6 Å². The lowest BCUT2D eigenvalue weighted by molar-refractivity contribution is 0.475. The second-order valence-electron chi connectivity index (χ2n) is 4.05. The first-order valence-corrected chi connectivity index (χ1v) is 5.71. The lowest BCUT2D eigenvalue weighted by atomic mass is 10.2. The Morgan fingerprint density at radius 1 is 1.21 bits per heavy atom. The number of nitrogen functional groups attached to an aromatic ring is 1. The number of aromatic nitrogens is 4. The zero-order valence-electron chi connectivity index (χ0n) is 9.96. The predicted octanol–water partition coefficient (Wildman–Crippen LogP) is 1.25. The molecule has 96 valence electrons. The van der Waals surface area contributed by atoms with Crippen molar-refractivity contribution in [2.45, 2.75) is 6.54 Å². The van der Waals surface area contributed by atoms with Crippen LogP contribution in [0.1, 0.15) is 5.56 Å². The second-order valence-corrected chi connectivity index (χ2v) is 4.05. The number of rotatable bonds is 3. The van der Waals surface area contributed by atoms with Gasteiger partial charge in [0, 0.05) is 6.54 Å². The van der Waals surface area contributed by atoms with Crippen LogP contribution in [0.2, 0.25) is 0 Å². The summed E-state index contributed by atoms with van der Waals surface area (Å²) < 4.78 is 0. The summed E-state index contributed by atoms with van der Waals surface area (Å²) in [6.07, 6.45) is 1.53. The number of nitrogens with two attached hydrogens (primary N) is 1. The van der Waals surface area contributed by atoms with Crippen molar-refractivity contribution >= 4 is 22.9 Å². The van der Waals surface area contributed by atoms with E-state index in [4.69, 9.17) is 5.73 Å². The summed E-state index contributed by atoms with van der Waals surface area (Å²) in [5, 5.41) is 12.3. The van der Waals surface area contributed by atoms with Crippen LogP contribution in [0.25, 0.3) is 11.2 Å². The van der Waals surface area contributed by atoms with Crippen molar-refractivity contribution < 1.29 is 5.11 Å². The molecule has 7 heteroatoms. The Balaban J connectivity index is 1.79. The highest BCUT2D eigenvalue weighted by molar-refractivity contribution is 5.82. The minimum Gasteiger partial charge on any atom is -0.508 e. The van der Waals surface area contributed by atoms with Gasteiger partial charge in [-0.3, -0.25) is 0 Å². The number of nitrogens with zero attached hydrogens (tertiary/aromatic N) is 3. The molecule has 5 N–H and O–H groups in total. The van der Waals surface area contributed by atoms with Gasteiger partial charge in [0.2, 0.25) is 5.95 Å². The highest BCUT2D eigenvalue weighted by Gasteiger charge is 2.06. The first kappa shape index (κ1) is 11.3. The van der Waals surface area contributed by atoms with Gasteiger partial charge in [-0.25, -0.2) is 4.98 Å². The molecule has 19 heavy (non-hydrogen) atoms. The first-order valence-electron chi connectivity index (χ1n) is 5.71. The fourth-order valence-electron chi connectivity index (χ4n) is 1.73. The van der Waals surface area contributed by atoms with Gasteiger partial charge in [-0.15, -0.1) is 0 Å². The van der Waals surface area contributed by atoms with Crippen LogP contribution in [-0.4, -0.2) is 25.0 Å². The number of phenols is 1. The van der Waals surface area contributed by atoms with Gasteiger partial charge >= 0.3 is 0 Å². The zero-order chi connectivity index (χ0) is 13.2. The van der Waals surface area contributed by atoms with E-state index >= 15 is 0 Å². The van der Waals surface area contributed by atoms with E-state index < -0.39 is 0 Å². The Morgan fingerprint density at radius 3 is 2.79 bits per heavy atom. The molecule has 0 spiro atoms. The summed E-state index contributed by atoms with van der Waals surface area (Å²) in [4.78, 5) is 15.3. The standard InChI is InChI=1S/C12H12N6O/c13-10-9-11(16-6-15-9)18-12(17-10)14-5-7-1-3-8(19)4-2-7/h1-4,6,19H,5H2,(H4,13,14,15,16,17,18). The van der Waals surface area contributed by atoms with E-state index in [2.05, 4.69) is 25.3 Å². The van der Waals surface area contributed by atoms with E-state index in [9.17, 15) is 5.11 Å². The Hall–Kier alpha value is -2.83. The molecule has 3 aromatic rings. The van der Waals surface area contributed by atoms with Crippen molar-refractivity contribution in [3.63, 3.8) is 0 Å². The van der Waals surface area contributed by atoms with Gasteiger partial charge in [-0.05, 0) is 17.7 Å². The molecule has 2 aromatic heterocycles. The number of aromatic hydroxyl groups is 1. The topological polar surface area (TPSA) is 113 Å². The minimum absolute atomic E-state index is 0.238. The van der Waals surface area contributed by atoms with Crippen LogP contribution in [0, 0.1) is 0 Å². The largest absolute Gasteiger partial charge is 0.508 e. The highest BCUT2D eigenvalue weighted by Crippen LogP contribution is 2.16. The molecule has 0 radical (unpaired) electrons. The molecule has 0 aliphatic heterocycles. The lowest BCUT2D eigenvalue weighted by Crippen LogP contribution is -2.05. The minimum atomic E-state index is 0.238. The van der Waals surface area contributed by atoms with Gasteiger partial charge in [0.25, 0.3) is 0 Å². The number of benzene rings is 1. The molecule has 1 aromatic carbocycles. The lowest BCUT2D eigenvalue weighted by Gasteiger charge is -2.05. The molecule has 0 saturated carbocycles. The maximum Gasteiger partial charge on any atom is 0.227 e. The van der Waals surface area contributed by atoms with Crippen LogP contribution >= 0.6 is 0 Å². The van der Waals surface area contributed by atoms with Crippen molar-refractivity contribution in [3.05, 3.63) is 36.2 Å². The van der Waals surface area contributed by atoms with Crippen LogP contribution in [0.4, 0.5) is 11.8 Å². The van der Waals surface area contributed by atoms with E-state index in [0.29, 0.717) is 29.5 Å². The molecule has 2 heterocycles. The summed E-state index contributed by atoms with van der Waals surface area (Å²) in [5.41, 5.74) is 7.96. The average Bonchev–Trinajstić information content (AvgIpc) is 2.87. The third-order valence-corrected chi connectivity index (χ3v) is 2.70. The molecule has 0 atom stereocenters. The Labute approximate surface area is 108 Å². The molecule has 0 aliphatic carbocycles. The van der Waals surface area contributed by atoms with Gasteiger partial charge in [0.05, 0.1) is 6.33 Å². The molecule has 0 amide bonds. The van der Waals surface area contributed by atoms with Gasteiger partial charge < -0.3 is 21.1 Å². The van der Waals surface area contributed by atoms with Gasteiger partial charge in [0.1, 0.15) is 11.3 Å². The van der Waals surface area contributed by atoms with Gasteiger partial charge in [-0.1, -0.05) is 12.1 Å². The quantitative estimate of drug-likeness (QED) is 0.561. The van der Waals surface area contributed by atoms with E-state index in [1.54, 1.807) is 12.1 Å². The van der Waals surface area contributed by atoms with E-state index in [0.717, 1.165) is 5.56 Å².